The van der Waals surface area contributed by atoms with E-state index in [1.165, 1.54) is 0 Å². The number of carbonyl (C=O) groups is 2. The molecule has 4 rings (SSSR count). The highest BCUT2D eigenvalue weighted by molar-refractivity contribution is 6.49. The second kappa shape index (κ2) is 8.96. The number of benzene rings is 3. The zero-order chi connectivity index (χ0) is 22.0. The molecule has 2 amide bonds. The fourth-order valence-corrected chi connectivity index (χ4v) is 4.09. The third-order valence-corrected chi connectivity index (χ3v) is 6.02. The average molecular weight is 451 g/mol. The Labute approximate surface area is 191 Å². The number of likely N-dealkylation sites (N-methyl/N-ethyl adjacent to an activating group) is 1. The Morgan fingerprint density at radius 1 is 0.806 bits per heavy atom. The Morgan fingerprint density at radius 2 is 1.45 bits per heavy atom. The van der Waals surface area contributed by atoms with Crippen LogP contribution in [0, 0.1) is 0 Å². The van der Waals surface area contributed by atoms with Gasteiger partial charge in [0.1, 0.15) is 5.70 Å². The number of halogens is 2. The van der Waals surface area contributed by atoms with Gasteiger partial charge in [0.05, 0.1) is 21.3 Å². The standard InChI is InChI=1S/C25H20Cl2N2O2/c1-2-28(16-17-10-5-3-6-11-17)23-21(18-12-7-4-8-13-18)24(30)29(25(23)31)20-15-9-14-19(26)22(20)27/h3-15H,2,16H2,1H3. The molecule has 0 radical (unpaired) electrons. The van der Waals surface area contributed by atoms with Crippen molar-refractivity contribution in [3.05, 3.63) is 106 Å². The van der Waals surface area contributed by atoms with Crippen LogP contribution in [0.3, 0.4) is 0 Å². The van der Waals surface area contributed by atoms with Gasteiger partial charge >= 0.3 is 0 Å². The first-order valence-electron chi connectivity index (χ1n) is 9.94. The second-order valence-electron chi connectivity index (χ2n) is 7.11. The van der Waals surface area contributed by atoms with Gasteiger partial charge < -0.3 is 4.90 Å². The molecule has 1 aliphatic rings. The first kappa shape index (κ1) is 21.2. The molecule has 0 spiro atoms. The minimum Gasteiger partial charge on any atom is -0.362 e. The molecular formula is C25H20Cl2N2O2. The summed E-state index contributed by atoms with van der Waals surface area (Å²) in [7, 11) is 0. The van der Waals surface area contributed by atoms with Crippen molar-refractivity contribution in [1.82, 2.24) is 4.90 Å². The Balaban J connectivity index is 1.85. The molecule has 0 aliphatic carbocycles. The Bertz CT molecular complexity index is 1160. The third kappa shape index (κ3) is 3.97. The van der Waals surface area contributed by atoms with Crippen molar-refractivity contribution in [1.29, 1.82) is 0 Å². The number of nitrogens with zero attached hydrogens (tertiary/aromatic N) is 2. The van der Waals surface area contributed by atoms with Crippen molar-refractivity contribution in [2.45, 2.75) is 13.5 Å². The Morgan fingerprint density at radius 3 is 2.10 bits per heavy atom. The summed E-state index contributed by atoms with van der Waals surface area (Å²) in [6.45, 7) is 3.02. The summed E-state index contributed by atoms with van der Waals surface area (Å²) >= 11 is 12.5. The molecule has 0 unspecified atom stereocenters. The number of anilines is 1. The lowest BCUT2D eigenvalue weighted by molar-refractivity contribution is -0.120. The number of rotatable bonds is 6. The van der Waals surface area contributed by atoms with E-state index in [0.717, 1.165) is 10.5 Å². The van der Waals surface area contributed by atoms with E-state index < -0.39 is 11.8 Å². The summed E-state index contributed by atoms with van der Waals surface area (Å²) in [6.07, 6.45) is 0. The van der Waals surface area contributed by atoms with Crippen LogP contribution in [-0.2, 0) is 16.1 Å². The van der Waals surface area contributed by atoms with E-state index in [2.05, 4.69) is 0 Å². The molecule has 31 heavy (non-hydrogen) atoms. The van der Waals surface area contributed by atoms with Gasteiger partial charge in [-0.05, 0) is 30.2 Å². The van der Waals surface area contributed by atoms with Crippen molar-refractivity contribution >= 4 is 46.3 Å². The van der Waals surface area contributed by atoms with Crippen LogP contribution in [0.1, 0.15) is 18.1 Å². The fraction of sp³-hybridized carbons (Fsp3) is 0.120. The SMILES string of the molecule is CCN(Cc1ccccc1)C1=C(c2ccccc2)C(=O)N(c2cccc(Cl)c2Cl)C1=O. The summed E-state index contributed by atoms with van der Waals surface area (Å²) in [5, 5.41) is 0.455. The molecule has 0 bridgehead atoms. The highest BCUT2D eigenvalue weighted by atomic mass is 35.5. The third-order valence-electron chi connectivity index (χ3n) is 5.21. The predicted molar refractivity (Wildman–Crippen MR) is 125 cm³/mol. The van der Waals surface area contributed by atoms with Crippen LogP contribution in [-0.4, -0.2) is 23.3 Å². The number of imide groups is 1. The maximum absolute atomic E-state index is 13.7. The molecular weight excluding hydrogens is 431 g/mol. The van der Waals surface area contributed by atoms with E-state index in [1.54, 1.807) is 18.2 Å². The molecule has 0 N–H and O–H groups in total. The van der Waals surface area contributed by atoms with E-state index in [4.69, 9.17) is 23.2 Å². The number of carbonyl (C=O) groups excluding carboxylic acids is 2. The van der Waals surface area contributed by atoms with Gasteiger partial charge in [-0.1, -0.05) is 89.9 Å². The molecule has 0 saturated heterocycles. The topological polar surface area (TPSA) is 40.6 Å². The monoisotopic (exact) mass is 450 g/mol. The number of hydrogen-bond donors (Lipinski definition) is 0. The highest BCUT2D eigenvalue weighted by Gasteiger charge is 2.43. The summed E-state index contributed by atoms with van der Waals surface area (Å²) in [6, 6.07) is 24.0. The molecule has 0 aromatic heterocycles. The Hall–Kier alpha value is -3.08. The smallest absolute Gasteiger partial charge is 0.282 e. The summed E-state index contributed by atoms with van der Waals surface area (Å²) < 4.78 is 0. The lowest BCUT2D eigenvalue weighted by atomic mass is 10.0. The van der Waals surface area contributed by atoms with E-state index in [0.29, 0.717) is 29.9 Å². The fourth-order valence-electron chi connectivity index (χ4n) is 3.71. The Kier molecular flexibility index (Phi) is 6.12. The minimum absolute atomic E-state index is 0.172. The number of hydrogen-bond acceptors (Lipinski definition) is 3. The van der Waals surface area contributed by atoms with Crippen LogP contribution in [0.25, 0.3) is 5.57 Å². The van der Waals surface area contributed by atoms with Gasteiger partial charge in [-0.3, -0.25) is 9.59 Å². The van der Waals surface area contributed by atoms with Crippen molar-refractivity contribution in [3.63, 3.8) is 0 Å². The summed E-state index contributed by atoms with van der Waals surface area (Å²) in [5.74, 6) is -0.826. The molecule has 6 heteroatoms. The van der Waals surface area contributed by atoms with Crippen LogP contribution in [0.4, 0.5) is 5.69 Å². The van der Waals surface area contributed by atoms with Crippen LogP contribution in [0.2, 0.25) is 10.0 Å². The first-order chi connectivity index (χ1) is 15.0. The summed E-state index contributed by atoms with van der Waals surface area (Å²) in [5.41, 5.74) is 2.73. The van der Waals surface area contributed by atoms with E-state index in [-0.39, 0.29) is 15.7 Å². The predicted octanol–water partition coefficient (Wildman–Crippen LogP) is 5.80. The highest BCUT2D eigenvalue weighted by Crippen LogP contribution is 2.40. The zero-order valence-corrected chi connectivity index (χ0v) is 18.4. The first-order valence-corrected chi connectivity index (χ1v) is 10.7. The summed E-state index contributed by atoms with van der Waals surface area (Å²) in [4.78, 5) is 30.3. The molecule has 4 nitrogen and oxygen atoms in total. The van der Waals surface area contributed by atoms with E-state index in [9.17, 15) is 9.59 Å². The minimum atomic E-state index is -0.415. The van der Waals surface area contributed by atoms with Crippen molar-refractivity contribution < 1.29 is 9.59 Å². The molecule has 156 valence electrons. The lowest BCUT2D eigenvalue weighted by Crippen LogP contribution is -2.35. The van der Waals surface area contributed by atoms with Gasteiger partial charge in [0.15, 0.2) is 0 Å². The molecule has 0 atom stereocenters. The van der Waals surface area contributed by atoms with Gasteiger partial charge in [0, 0.05) is 13.1 Å². The van der Waals surface area contributed by atoms with Crippen molar-refractivity contribution in [2.24, 2.45) is 0 Å². The normalized spacial score (nSPS) is 13.8. The lowest BCUT2D eigenvalue weighted by Gasteiger charge is -2.25. The maximum atomic E-state index is 13.7. The van der Waals surface area contributed by atoms with Crippen LogP contribution in [0.5, 0.6) is 0 Å². The zero-order valence-electron chi connectivity index (χ0n) is 16.9. The van der Waals surface area contributed by atoms with Crippen molar-refractivity contribution in [2.75, 3.05) is 11.4 Å². The van der Waals surface area contributed by atoms with Crippen LogP contribution in [0.15, 0.2) is 84.6 Å². The van der Waals surface area contributed by atoms with Gasteiger partial charge in [-0.2, -0.15) is 0 Å². The second-order valence-corrected chi connectivity index (χ2v) is 7.89. The van der Waals surface area contributed by atoms with Crippen LogP contribution < -0.4 is 4.90 Å². The van der Waals surface area contributed by atoms with E-state index in [1.807, 2.05) is 72.5 Å². The molecule has 1 aliphatic heterocycles. The largest absolute Gasteiger partial charge is 0.362 e. The molecule has 0 saturated carbocycles. The molecule has 1 heterocycles. The molecule has 3 aromatic rings. The number of amides is 2. The van der Waals surface area contributed by atoms with E-state index >= 15 is 0 Å². The average Bonchev–Trinajstić information content (AvgIpc) is 3.05. The molecule has 0 fully saturated rings. The van der Waals surface area contributed by atoms with Crippen LogP contribution >= 0.6 is 23.2 Å². The van der Waals surface area contributed by atoms with Gasteiger partial charge in [-0.15, -0.1) is 0 Å². The molecule has 3 aromatic carbocycles. The van der Waals surface area contributed by atoms with Crippen molar-refractivity contribution in [3.8, 4) is 0 Å². The van der Waals surface area contributed by atoms with Gasteiger partial charge in [0.25, 0.3) is 11.8 Å². The quantitative estimate of drug-likeness (QED) is 0.445. The maximum Gasteiger partial charge on any atom is 0.282 e. The van der Waals surface area contributed by atoms with Gasteiger partial charge in [-0.25, -0.2) is 4.90 Å². The van der Waals surface area contributed by atoms with Gasteiger partial charge in [0.2, 0.25) is 0 Å².